The van der Waals surface area contributed by atoms with Crippen molar-refractivity contribution in [3.8, 4) is 0 Å². The highest BCUT2D eigenvalue weighted by atomic mass is 16.2. The van der Waals surface area contributed by atoms with E-state index >= 15 is 0 Å². The molecule has 26 heavy (non-hydrogen) atoms. The molecule has 3 rings (SSSR count). The van der Waals surface area contributed by atoms with Crippen molar-refractivity contribution in [3.05, 3.63) is 29.8 Å². The molecule has 1 unspecified atom stereocenters. The van der Waals surface area contributed by atoms with E-state index in [1.54, 1.807) is 0 Å². The van der Waals surface area contributed by atoms with Gasteiger partial charge >= 0.3 is 0 Å². The molecule has 0 aliphatic carbocycles. The van der Waals surface area contributed by atoms with Gasteiger partial charge in [-0.2, -0.15) is 0 Å². The first-order valence-electron chi connectivity index (χ1n) is 9.86. The van der Waals surface area contributed by atoms with E-state index in [0.717, 1.165) is 57.4 Å². The molecule has 0 radical (unpaired) electrons. The molecule has 1 aromatic carbocycles. The van der Waals surface area contributed by atoms with Gasteiger partial charge in [0.1, 0.15) is 0 Å². The molecule has 5 heteroatoms. The molecule has 2 aliphatic rings. The van der Waals surface area contributed by atoms with Gasteiger partial charge in [-0.15, -0.1) is 0 Å². The van der Waals surface area contributed by atoms with Crippen molar-refractivity contribution in [2.24, 2.45) is 5.92 Å². The van der Waals surface area contributed by atoms with Crippen LogP contribution in [0.25, 0.3) is 0 Å². The van der Waals surface area contributed by atoms with Crippen LogP contribution in [-0.4, -0.2) is 41.9 Å². The number of anilines is 1. The van der Waals surface area contributed by atoms with Crippen LogP contribution >= 0.6 is 0 Å². The molecule has 0 aromatic heterocycles. The Kier molecular flexibility index (Phi) is 5.84. The van der Waals surface area contributed by atoms with Crippen LogP contribution in [0.15, 0.2) is 24.3 Å². The smallest absolute Gasteiger partial charge is 0.223 e. The second-order valence-corrected chi connectivity index (χ2v) is 8.27. The molecule has 1 atom stereocenters. The number of hydrogen-bond acceptors (Lipinski definition) is 3. The topological polar surface area (TPSA) is 61.4 Å². The summed E-state index contributed by atoms with van der Waals surface area (Å²) in [5.41, 5.74) is 2.19. The van der Waals surface area contributed by atoms with Gasteiger partial charge in [0.2, 0.25) is 11.8 Å². The fourth-order valence-electron chi connectivity index (χ4n) is 3.98. The third-order valence-electron chi connectivity index (χ3n) is 5.45. The molecule has 5 nitrogen and oxygen atoms in total. The fourth-order valence-corrected chi connectivity index (χ4v) is 3.98. The van der Waals surface area contributed by atoms with E-state index in [9.17, 15) is 9.59 Å². The van der Waals surface area contributed by atoms with Crippen LogP contribution in [0.5, 0.6) is 0 Å². The molecule has 142 valence electrons. The van der Waals surface area contributed by atoms with Gasteiger partial charge < -0.3 is 15.5 Å². The molecule has 2 fully saturated rings. The first-order valence-corrected chi connectivity index (χ1v) is 9.86. The number of carbonyl (C=O) groups excluding carboxylic acids is 2. The summed E-state index contributed by atoms with van der Waals surface area (Å²) < 4.78 is 0. The van der Waals surface area contributed by atoms with E-state index in [0.29, 0.717) is 6.42 Å². The van der Waals surface area contributed by atoms with Crippen molar-refractivity contribution in [3.63, 3.8) is 0 Å². The molecule has 2 amide bonds. The highest BCUT2D eigenvalue weighted by molar-refractivity contribution is 5.82. The Morgan fingerprint density at radius 1 is 1.23 bits per heavy atom. The average molecular weight is 357 g/mol. The zero-order chi connectivity index (χ0) is 18.6. The maximum absolute atomic E-state index is 12.1. The predicted molar refractivity (Wildman–Crippen MR) is 104 cm³/mol. The zero-order valence-electron chi connectivity index (χ0n) is 16.0. The first-order chi connectivity index (χ1) is 12.4. The minimum atomic E-state index is -0.0735. The van der Waals surface area contributed by atoms with Crippen molar-refractivity contribution in [1.29, 1.82) is 0 Å². The zero-order valence-corrected chi connectivity index (χ0v) is 16.0. The summed E-state index contributed by atoms with van der Waals surface area (Å²) in [6.07, 6.45) is 5.43. The average Bonchev–Trinajstić information content (AvgIpc) is 3.22. The predicted octanol–water partition coefficient (Wildman–Crippen LogP) is 2.96. The van der Waals surface area contributed by atoms with E-state index in [-0.39, 0.29) is 23.3 Å². The summed E-state index contributed by atoms with van der Waals surface area (Å²) in [6, 6.07) is 8.30. The number of likely N-dealkylation sites (tertiary alicyclic amines) is 1. The minimum absolute atomic E-state index is 0.0735. The number of hydrogen-bond donors (Lipinski definition) is 2. The Bertz CT molecular complexity index is 633. The molecular formula is C21H31N3O2. The lowest BCUT2D eigenvalue weighted by Gasteiger charge is -2.16. The molecule has 1 aromatic rings. The Hall–Kier alpha value is -2.04. The summed E-state index contributed by atoms with van der Waals surface area (Å²) in [7, 11) is 0. The van der Waals surface area contributed by atoms with Crippen LogP contribution in [-0.2, 0) is 16.0 Å². The van der Waals surface area contributed by atoms with Crippen molar-refractivity contribution < 1.29 is 9.59 Å². The SMILES string of the molecule is CC1(C)CC(CCNc2ccc(CCC(=O)N3CCCC3)cc2)C(=O)N1. The minimum Gasteiger partial charge on any atom is -0.385 e. The lowest BCUT2D eigenvalue weighted by Crippen LogP contribution is -2.34. The third kappa shape index (κ3) is 4.99. The molecular weight excluding hydrogens is 326 g/mol. The number of nitrogens with zero attached hydrogens (tertiary/aromatic N) is 1. The second kappa shape index (κ2) is 8.11. The second-order valence-electron chi connectivity index (χ2n) is 8.27. The number of nitrogens with one attached hydrogen (secondary N) is 2. The molecule has 2 saturated heterocycles. The molecule has 2 aliphatic heterocycles. The summed E-state index contributed by atoms with van der Waals surface area (Å²) in [6.45, 7) is 6.80. The number of rotatable bonds is 7. The number of carbonyl (C=O) groups is 2. The Morgan fingerprint density at radius 3 is 2.54 bits per heavy atom. The van der Waals surface area contributed by atoms with Crippen LogP contribution in [0.4, 0.5) is 5.69 Å². The lowest BCUT2D eigenvalue weighted by atomic mass is 9.94. The van der Waals surface area contributed by atoms with Gasteiger partial charge in [0, 0.05) is 43.2 Å². The molecule has 2 heterocycles. The summed E-state index contributed by atoms with van der Waals surface area (Å²) in [4.78, 5) is 26.0. The van der Waals surface area contributed by atoms with Gasteiger partial charge in [-0.05, 0) is 63.6 Å². The van der Waals surface area contributed by atoms with Crippen molar-refractivity contribution in [2.45, 2.75) is 57.9 Å². The van der Waals surface area contributed by atoms with Crippen LogP contribution in [0.1, 0.15) is 51.5 Å². The lowest BCUT2D eigenvalue weighted by molar-refractivity contribution is -0.130. The summed E-state index contributed by atoms with van der Waals surface area (Å²) in [5.74, 6) is 0.561. The normalized spacial score (nSPS) is 21.7. The number of aryl methyl sites for hydroxylation is 1. The van der Waals surface area contributed by atoms with Crippen LogP contribution < -0.4 is 10.6 Å². The van der Waals surface area contributed by atoms with E-state index in [4.69, 9.17) is 0 Å². The maximum atomic E-state index is 12.1. The third-order valence-corrected chi connectivity index (χ3v) is 5.45. The Labute approximate surface area is 156 Å². The van der Waals surface area contributed by atoms with Crippen LogP contribution in [0.2, 0.25) is 0 Å². The van der Waals surface area contributed by atoms with Crippen LogP contribution in [0, 0.1) is 5.92 Å². The van der Waals surface area contributed by atoms with Crippen LogP contribution in [0.3, 0.4) is 0 Å². The van der Waals surface area contributed by atoms with Gasteiger partial charge in [-0.1, -0.05) is 12.1 Å². The van der Waals surface area contributed by atoms with Crippen molar-refractivity contribution in [1.82, 2.24) is 10.2 Å². The fraction of sp³-hybridized carbons (Fsp3) is 0.619. The van der Waals surface area contributed by atoms with Crippen molar-refractivity contribution in [2.75, 3.05) is 25.0 Å². The standard InChI is InChI=1S/C21H31N3O2/c1-21(2)15-17(20(26)23-21)11-12-22-18-8-5-16(6-9-18)7-10-19(25)24-13-3-4-14-24/h5-6,8-9,17,22H,3-4,7,10-15H2,1-2H3,(H,23,26). The van der Waals surface area contributed by atoms with Gasteiger partial charge in [0.15, 0.2) is 0 Å². The first kappa shape index (κ1) is 18.7. The van der Waals surface area contributed by atoms with Gasteiger partial charge in [-0.25, -0.2) is 0 Å². The number of benzene rings is 1. The van der Waals surface area contributed by atoms with Gasteiger partial charge in [0.05, 0.1) is 0 Å². The highest BCUT2D eigenvalue weighted by Gasteiger charge is 2.36. The highest BCUT2D eigenvalue weighted by Crippen LogP contribution is 2.26. The molecule has 0 bridgehead atoms. The molecule has 0 spiro atoms. The summed E-state index contributed by atoms with van der Waals surface area (Å²) >= 11 is 0. The molecule has 2 N–H and O–H groups in total. The monoisotopic (exact) mass is 357 g/mol. The summed E-state index contributed by atoms with van der Waals surface area (Å²) in [5, 5.41) is 6.45. The number of amides is 2. The van der Waals surface area contributed by atoms with Gasteiger partial charge in [0.25, 0.3) is 0 Å². The van der Waals surface area contributed by atoms with Crippen molar-refractivity contribution >= 4 is 17.5 Å². The largest absolute Gasteiger partial charge is 0.385 e. The quantitative estimate of drug-likeness (QED) is 0.789. The van der Waals surface area contributed by atoms with E-state index in [2.05, 4.69) is 48.7 Å². The van der Waals surface area contributed by atoms with E-state index in [1.165, 1.54) is 5.56 Å². The molecule has 0 saturated carbocycles. The van der Waals surface area contributed by atoms with E-state index < -0.39 is 0 Å². The van der Waals surface area contributed by atoms with Gasteiger partial charge in [-0.3, -0.25) is 9.59 Å². The Morgan fingerprint density at radius 2 is 1.92 bits per heavy atom. The maximum Gasteiger partial charge on any atom is 0.223 e. The van der Waals surface area contributed by atoms with E-state index in [1.807, 2.05) is 4.90 Å². The Balaban J connectivity index is 1.39.